The topological polar surface area (TPSA) is 57.2 Å². The third kappa shape index (κ3) is 9.02. The molecule has 0 saturated heterocycles. The van der Waals surface area contributed by atoms with E-state index in [4.69, 9.17) is 4.74 Å². The van der Waals surface area contributed by atoms with E-state index in [-0.39, 0.29) is 36.4 Å². The van der Waals surface area contributed by atoms with Gasteiger partial charge in [0.2, 0.25) is 5.91 Å². The van der Waals surface area contributed by atoms with Crippen molar-refractivity contribution in [2.24, 2.45) is 4.99 Å². The summed E-state index contributed by atoms with van der Waals surface area (Å²) in [6, 6.07) is 18.4. The summed E-state index contributed by atoms with van der Waals surface area (Å²) in [4.78, 5) is 20.1. The Bertz CT molecular complexity index is 780. The third-order valence-electron chi connectivity index (χ3n) is 4.42. The molecule has 0 bridgehead atoms. The number of hydrogen-bond acceptors (Lipinski definition) is 3. The van der Waals surface area contributed by atoms with Crippen LogP contribution >= 0.6 is 24.0 Å². The molecule has 0 radical (unpaired) electrons. The number of aliphatic imine (C=N–C) groups is 1. The molecule has 0 spiro atoms. The van der Waals surface area contributed by atoms with E-state index < -0.39 is 0 Å². The SMILES string of the molecule is CCOc1ccc(CN(C)C(=NCC(=O)N(C)C)NCCc2ccccc2)cc1.I. The fourth-order valence-corrected chi connectivity index (χ4v) is 2.77. The lowest BCUT2D eigenvalue weighted by Crippen LogP contribution is -2.40. The van der Waals surface area contributed by atoms with Gasteiger partial charge in [-0.2, -0.15) is 0 Å². The summed E-state index contributed by atoms with van der Waals surface area (Å²) < 4.78 is 5.50. The van der Waals surface area contributed by atoms with Gasteiger partial charge in [-0.1, -0.05) is 42.5 Å². The Morgan fingerprint density at radius 1 is 1.00 bits per heavy atom. The van der Waals surface area contributed by atoms with Gasteiger partial charge in [0.05, 0.1) is 6.61 Å². The monoisotopic (exact) mass is 524 g/mol. The number of rotatable bonds is 9. The lowest BCUT2D eigenvalue weighted by atomic mass is 10.1. The van der Waals surface area contributed by atoms with Crippen LogP contribution in [0.4, 0.5) is 0 Å². The first-order chi connectivity index (χ1) is 14.0. The molecule has 2 rings (SSSR count). The molecule has 0 aliphatic rings. The predicted octanol–water partition coefficient (Wildman–Crippen LogP) is 3.41. The Kier molecular flexibility index (Phi) is 11.9. The third-order valence-corrected chi connectivity index (χ3v) is 4.42. The molecule has 0 aliphatic heterocycles. The molecule has 0 fully saturated rings. The minimum absolute atomic E-state index is 0. The van der Waals surface area contributed by atoms with Crippen LogP contribution in [0.2, 0.25) is 0 Å². The molecule has 0 aromatic heterocycles. The summed E-state index contributed by atoms with van der Waals surface area (Å²) in [5.41, 5.74) is 2.41. The van der Waals surface area contributed by atoms with Gasteiger partial charge in [-0.15, -0.1) is 24.0 Å². The zero-order valence-electron chi connectivity index (χ0n) is 18.3. The number of nitrogens with one attached hydrogen (secondary N) is 1. The average Bonchev–Trinajstić information content (AvgIpc) is 2.72. The molecular formula is C23H33IN4O2. The van der Waals surface area contributed by atoms with Crippen molar-refractivity contribution < 1.29 is 9.53 Å². The number of hydrogen-bond donors (Lipinski definition) is 1. The Hall–Kier alpha value is -2.29. The zero-order chi connectivity index (χ0) is 21.1. The molecule has 0 saturated carbocycles. The van der Waals surface area contributed by atoms with Gasteiger partial charge in [0.1, 0.15) is 12.3 Å². The minimum atomic E-state index is -0.0261. The molecule has 0 heterocycles. The molecule has 1 N–H and O–H groups in total. The van der Waals surface area contributed by atoms with Crippen molar-refractivity contribution >= 4 is 35.8 Å². The van der Waals surface area contributed by atoms with Crippen LogP contribution in [0, 0.1) is 0 Å². The molecule has 6 nitrogen and oxygen atoms in total. The number of nitrogens with zero attached hydrogens (tertiary/aromatic N) is 3. The van der Waals surface area contributed by atoms with Crippen molar-refractivity contribution in [1.82, 2.24) is 15.1 Å². The van der Waals surface area contributed by atoms with Crippen molar-refractivity contribution in [3.8, 4) is 5.75 Å². The largest absolute Gasteiger partial charge is 0.494 e. The highest BCUT2D eigenvalue weighted by molar-refractivity contribution is 14.0. The van der Waals surface area contributed by atoms with Crippen LogP contribution in [-0.4, -0.2) is 62.5 Å². The molecule has 0 aliphatic carbocycles. The number of amides is 1. The van der Waals surface area contributed by atoms with Gasteiger partial charge in [-0.3, -0.25) is 4.79 Å². The quantitative estimate of drug-likeness (QED) is 0.311. The van der Waals surface area contributed by atoms with Crippen LogP contribution in [0.3, 0.4) is 0 Å². The predicted molar refractivity (Wildman–Crippen MR) is 134 cm³/mol. The summed E-state index contributed by atoms with van der Waals surface area (Å²) in [7, 11) is 5.46. The maximum atomic E-state index is 12.0. The van der Waals surface area contributed by atoms with Crippen LogP contribution in [0.15, 0.2) is 59.6 Å². The second-order valence-corrected chi connectivity index (χ2v) is 7.02. The lowest BCUT2D eigenvalue weighted by molar-refractivity contribution is -0.127. The molecule has 164 valence electrons. The van der Waals surface area contributed by atoms with Crippen LogP contribution in [-0.2, 0) is 17.8 Å². The minimum Gasteiger partial charge on any atom is -0.494 e. The van der Waals surface area contributed by atoms with Crippen LogP contribution in [0.25, 0.3) is 0 Å². The van der Waals surface area contributed by atoms with Gasteiger partial charge in [-0.05, 0) is 36.6 Å². The van der Waals surface area contributed by atoms with E-state index in [0.29, 0.717) is 19.1 Å². The van der Waals surface area contributed by atoms with Crippen molar-refractivity contribution in [3.63, 3.8) is 0 Å². The number of benzene rings is 2. The van der Waals surface area contributed by atoms with E-state index in [1.807, 2.05) is 61.3 Å². The van der Waals surface area contributed by atoms with E-state index in [9.17, 15) is 4.79 Å². The normalized spacial score (nSPS) is 10.7. The summed E-state index contributed by atoms with van der Waals surface area (Å²) in [6.07, 6.45) is 0.887. The summed E-state index contributed by atoms with van der Waals surface area (Å²) in [5, 5.41) is 3.39. The van der Waals surface area contributed by atoms with Gasteiger partial charge < -0.3 is 19.9 Å². The van der Waals surface area contributed by atoms with Gasteiger partial charge in [0.15, 0.2) is 5.96 Å². The first-order valence-corrected chi connectivity index (χ1v) is 9.95. The highest BCUT2D eigenvalue weighted by Gasteiger charge is 2.10. The first-order valence-electron chi connectivity index (χ1n) is 9.95. The molecule has 2 aromatic carbocycles. The molecule has 1 amide bonds. The fourth-order valence-electron chi connectivity index (χ4n) is 2.77. The fraction of sp³-hybridized carbons (Fsp3) is 0.391. The lowest BCUT2D eigenvalue weighted by Gasteiger charge is -2.23. The highest BCUT2D eigenvalue weighted by atomic mass is 127. The zero-order valence-corrected chi connectivity index (χ0v) is 20.6. The highest BCUT2D eigenvalue weighted by Crippen LogP contribution is 2.13. The second-order valence-electron chi connectivity index (χ2n) is 7.02. The number of likely N-dealkylation sites (N-methyl/N-ethyl adjacent to an activating group) is 1. The van der Waals surface area contributed by atoms with Crippen molar-refractivity contribution in [2.45, 2.75) is 19.9 Å². The van der Waals surface area contributed by atoms with Crippen LogP contribution in [0.1, 0.15) is 18.1 Å². The van der Waals surface area contributed by atoms with Crippen molar-refractivity contribution in [2.75, 3.05) is 40.8 Å². The van der Waals surface area contributed by atoms with E-state index in [1.54, 1.807) is 19.0 Å². The second kappa shape index (κ2) is 13.8. The van der Waals surface area contributed by atoms with Gasteiger partial charge in [0.25, 0.3) is 0 Å². The van der Waals surface area contributed by atoms with E-state index in [1.165, 1.54) is 5.56 Å². The van der Waals surface area contributed by atoms with Crippen LogP contribution < -0.4 is 10.1 Å². The van der Waals surface area contributed by atoms with E-state index in [2.05, 4.69) is 22.4 Å². The molecule has 0 unspecified atom stereocenters. The molecule has 30 heavy (non-hydrogen) atoms. The number of carbonyl (C=O) groups excluding carboxylic acids is 1. The number of ether oxygens (including phenoxy) is 1. The standard InChI is InChI=1S/C23H32N4O2.HI/c1-5-29-21-13-11-20(12-14-21)18-27(4)23(25-17-22(28)26(2)3)24-16-15-19-9-7-6-8-10-19;/h6-14H,5,15-18H2,1-4H3,(H,24,25);1H. The summed E-state index contributed by atoms with van der Waals surface area (Å²) >= 11 is 0. The maximum absolute atomic E-state index is 12.0. The van der Waals surface area contributed by atoms with Crippen molar-refractivity contribution in [3.05, 3.63) is 65.7 Å². The Labute approximate surface area is 197 Å². The number of halogens is 1. The number of carbonyl (C=O) groups is 1. The summed E-state index contributed by atoms with van der Waals surface area (Å²) in [6.45, 7) is 4.17. The smallest absolute Gasteiger partial charge is 0.243 e. The first kappa shape index (κ1) is 25.7. The number of guanidine groups is 1. The molecular weight excluding hydrogens is 491 g/mol. The average molecular weight is 524 g/mol. The molecule has 0 atom stereocenters. The van der Waals surface area contributed by atoms with Gasteiger partial charge in [-0.25, -0.2) is 4.99 Å². The van der Waals surface area contributed by atoms with E-state index in [0.717, 1.165) is 24.3 Å². The van der Waals surface area contributed by atoms with Gasteiger partial charge >= 0.3 is 0 Å². The Morgan fingerprint density at radius 2 is 1.67 bits per heavy atom. The van der Waals surface area contributed by atoms with E-state index >= 15 is 0 Å². The molecule has 7 heteroatoms. The Morgan fingerprint density at radius 3 is 2.27 bits per heavy atom. The maximum Gasteiger partial charge on any atom is 0.243 e. The van der Waals surface area contributed by atoms with Crippen LogP contribution in [0.5, 0.6) is 5.75 Å². The van der Waals surface area contributed by atoms with Gasteiger partial charge in [0, 0.05) is 34.2 Å². The molecule has 2 aromatic rings. The summed E-state index contributed by atoms with van der Waals surface area (Å²) in [5.74, 6) is 1.55. The van der Waals surface area contributed by atoms with Crippen molar-refractivity contribution in [1.29, 1.82) is 0 Å². The Balaban J connectivity index is 0.00000450.